The van der Waals surface area contributed by atoms with Gasteiger partial charge in [0.15, 0.2) is 0 Å². The Bertz CT molecular complexity index is 269. The van der Waals surface area contributed by atoms with Crippen molar-refractivity contribution in [3.05, 3.63) is 0 Å². The van der Waals surface area contributed by atoms with Gasteiger partial charge >= 0.3 is 12.2 Å². The molecule has 1 rings (SSSR count). The van der Waals surface area contributed by atoms with Crippen LogP contribution in [-0.4, -0.2) is 35.3 Å². The lowest BCUT2D eigenvalue weighted by molar-refractivity contribution is 0.0290. The van der Waals surface area contributed by atoms with E-state index in [1.54, 1.807) is 20.8 Å². The zero-order valence-corrected chi connectivity index (χ0v) is 9.57. The average Bonchev–Trinajstić information content (AvgIpc) is 2.43. The molecule has 1 fully saturated rings. The van der Waals surface area contributed by atoms with Crippen LogP contribution >= 0.6 is 0 Å². The van der Waals surface area contributed by atoms with Crippen molar-refractivity contribution >= 4 is 12.2 Å². The van der Waals surface area contributed by atoms with Crippen molar-refractivity contribution in [1.29, 1.82) is 0 Å². The van der Waals surface area contributed by atoms with Crippen LogP contribution in [0.2, 0.25) is 0 Å². The number of cyclic esters (lactones) is 1. The van der Waals surface area contributed by atoms with Gasteiger partial charge in [0.2, 0.25) is 0 Å². The van der Waals surface area contributed by atoms with Crippen molar-refractivity contribution in [2.75, 3.05) is 6.61 Å². The molecule has 0 aromatic heterocycles. The molecule has 0 N–H and O–H groups in total. The summed E-state index contributed by atoms with van der Waals surface area (Å²) < 4.78 is 9.90. The Morgan fingerprint density at radius 2 is 2.20 bits per heavy atom. The van der Waals surface area contributed by atoms with Crippen LogP contribution < -0.4 is 0 Å². The van der Waals surface area contributed by atoms with E-state index >= 15 is 0 Å². The first-order valence-electron chi connectivity index (χ1n) is 5.04. The molecule has 1 aliphatic heterocycles. The van der Waals surface area contributed by atoms with Gasteiger partial charge in [-0.1, -0.05) is 6.92 Å². The summed E-state index contributed by atoms with van der Waals surface area (Å²) in [5.74, 6) is 0. The molecule has 0 saturated carbocycles. The van der Waals surface area contributed by atoms with E-state index in [1.807, 2.05) is 6.92 Å². The van der Waals surface area contributed by atoms with Gasteiger partial charge in [0, 0.05) is 0 Å². The van der Waals surface area contributed by atoms with Gasteiger partial charge in [0.1, 0.15) is 12.2 Å². The van der Waals surface area contributed by atoms with Crippen LogP contribution in [0.5, 0.6) is 0 Å². The predicted molar refractivity (Wildman–Crippen MR) is 53.5 cm³/mol. The molecule has 0 unspecified atom stereocenters. The fraction of sp³-hybridized carbons (Fsp3) is 0.800. The smallest absolute Gasteiger partial charge is 0.420 e. The minimum absolute atomic E-state index is 0.202. The van der Waals surface area contributed by atoms with Crippen LogP contribution in [0.4, 0.5) is 9.59 Å². The van der Waals surface area contributed by atoms with Gasteiger partial charge in [-0.15, -0.1) is 0 Å². The van der Waals surface area contributed by atoms with Crippen molar-refractivity contribution in [2.24, 2.45) is 0 Å². The normalized spacial score (nSPS) is 21.5. The van der Waals surface area contributed by atoms with Crippen LogP contribution in [0.15, 0.2) is 0 Å². The van der Waals surface area contributed by atoms with Crippen molar-refractivity contribution in [3.63, 3.8) is 0 Å². The van der Waals surface area contributed by atoms with Crippen LogP contribution in [0.25, 0.3) is 0 Å². The van der Waals surface area contributed by atoms with Gasteiger partial charge in [-0.25, -0.2) is 14.5 Å². The number of amides is 2. The van der Waals surface area contributed by atoms with E-state index in [0.717, 1.165) is 4.90 Å². The lowest BCUT2D eigenvalue weighted by Gasteiger charge is -2.24. The molecule has 0 bridgehead atoms. The van der Waals surface area contributed by atoms with Crippen molar-refractivity contribution in [1.82, 2.24) is 4.90 Å². The summed E-state index contributed by atoms with van der Waals surface area (Å²) in [6.07, 6.45) is -0.571. The van der Waals surface area contributed by atoms with Crippen molar-refractivity contribution in [2.45, 2.75) is 45.8 Å². The monoisotopic (exact) mass is 215 g/mol. The lowest BCUT2D eigenvalue weighted by atomic mass is 10.2. The molecule has 0 aromatic rings. The topological polar surface area (TPSA) is 55.8 Å². The molecule has 1 saturated heterocycles. The Balaban J connectivity index is 2.69. The number of hydrogen-bond donors (Lipinski definition) is 0. The highest BCUT2D eigenvalue weighted by molar-refractivity contribution is 5.89. The summed E-state index contributed by atoms with van der Waals surface area (Å²) in [6.45, 7) is 7.42. The minimum Gasteiger partial charge on any atom is -0.447 e. The van der Waals surface area contributed by atoms with Gasteiger partial charge in [-0.05, 0) is 27.2 Å². The highest BCUT2D eigenvalue weighted by atomic mass is 16.6. The number of carbonyl (C=O) groups excluding carboxylic acids is 2. The van der Waals surface area contributed by atoms with E-state index in [4.69, 9.17) is 9.47 Å². The Kier molecular flexibility index (Phi) is 3.21. The van der Waals surface area contributed by atoms with Crippen LogP contribution in [-0.2, 0) is 9.47 Å². The van der Waals surface area contributed by atoms with Gasteiger partial charge in [0.05, 0.1) is 6.04 Å². The largest absolute Gasteiger partial charge is 0.447 e. The van der Waals surface area contributed by atoms with Gasteiger partial charge < -0.3 is 9.47 Å². The highest BCUT2D eigenvalue weighted by Crippen LogP contribution is 2.19. The van der Waals surface area contributed by atoms with Gasteiger partial charge in [-0.3, -0.25) is 0 Å². The predicted octanol–water partition coefficient (Wildman–Crippen LogP) is 2.15. The number of nitrogens with zero attached hydrogens (tertiary/aromatic N) is 1. The second kappa shape index (κ2) is 4.08. The summed E-state index contributed by atoms with van der Waals surface area (Å²) in [5, 5.41) is 0. The van der Waals surface area contributed by atoms with Gasteiger partial charge in [0.25, 0.3) is 0 Å². The molecular formula is C10H17NO4. The average molecular weight is 215 g/mol. The first-order chi connectivity index (χ1) is 6.85. The first-order valence-corrected chi connectivity index (χ1v) is 5.04. The molecular weight excluding hydrogens is 198 g/mol. The molecule has 0 spiro atoms. The third-order valence-corrected chi connectivity index (χ3v) is 2.02. The SMILES string of the molecule is CC[C@@H]1COC(=O)N1C(=O)OC(C)(C)C. The van der Waals surface area contributed by atoms with Crippen LogP contribution in [0.1, 0.15) is 34.1 Å². The molecule has 0 aromatic carbocycles. The van der Waals surface area contributed by atoms with Crippen molar-refractivity contribution in [3.8, 4) is 0 Å². The molecule has 5 nitrogen and oxygen atoms in total. The second-order valence-corrected chi connectivity index (χ2v) is 4.49. The Hall–Kier alpha value is -1.26. The zero-order valence-electron chi connectivity index (χ0n) is 9.57. The number of hydrogen-bond acceptors (Lipinski definition) is 4. The van der Waals surface area contributed by atoms with E-state index in [-0.39, 0.29) is 12.6 Å². The second-order valence-electron chi connectivity index (χ2n) is 4.49. The summed E-state index contributed by atoms with van der Waals surface area (Å²) in [6, 6.07) is -0.202. The van der Waals surface area contributed by atoms with E-state index in [9.17, 15) is 9.59 Å². The maximum absolute atomic E-state index is 11.6. The van der Waals surface area contributed by atoms with Crippen molar-refractivity contribution < 1.29 is 19.1 Å². The molecule has 15 heavy (non-hydrogen) atoms. The Labute approximate surface area is 89.3 Å². The summed E-state index contributed by atoms with van der Waals surface area (Å²) in [7, 11) is 0. The summed E-state index contributed by atoms with van der Waals surface area (Å²) in [4.78, 5) is 24.0. The standard InChI is InChI=1S/C10H17NO4/c1-5-7-6-14-8(12)11(7)9(13)15-10(2,3)4/h7H,5-6H2,1-4H3/t7-/m1/s1. The highest BCUT2D eigenvalue weighted by Gasteiger charge is 2.39. The number of rotatable bonds is 1. The lowest BCUT2D eigenvalue weighted by Crippen LogP contribution is -2.42. The van der Waals surface area contributed by atoms with E-state index in [1.165, 1.54) is 0 Å². The fourth-order valence-corrected chi connectivity index (χ4v) is 1.30. The molecule has 1 heterocycles. The number of imide groups is 1. The van der Waals surface area contributed by atoms with Gasteiger partial charge in [-0.2, -0.15) is 0 Å². The minimum atomic E-state index is -0.628. The van der Waals surface area contributed by atoms with E-state index in [2.05, 4.69) is 0 Å². The molecule has 0 aliphatic carbocycles. The molecule has 2 amide bonds. The van der Waals surface area contributed by atoms with Crippen LogP contribution in [0.3, 0.4) is 0 Å². The van der Waals surface area contributed by atoms with E-state index in [0.29, 0.717) is 6.42 Å². The van der Waals surface area contributed by atoms with E-state index < -0.39 is 17.8 Å². The summed E-state index contributed by atoms with van der Waals surface area (Å²) >= 11 is 0. The third-order valence-electron chi connectivity index (χ3n) is 2.02. The fourth-order valence-electron chi connectivity index (χ4n) is 1.30. The maximum Gasteiger partial charge on any atom is 0.420 e. The third kappa shape index (κ3) is 2.84. The zero-order chi connectivity index (χ0) is 11.6. The van der Waals surface area contributed by atoms with Crippen LogP contribution in [0, 0.1) is 0 Å². The Morgan fingerprint density at radius 1 is 1.60 bits per heavy atom. The molecule has 86 valence electrons. The molecule has 1 atom stereocenters. The molecule has 1 aliphatic rings. The summed E-state index contributed by atoms with van der Waals surface area (Å²) in [5.41, 5.74) is -0.599. The quantitative estimate of drug-likeness (QED) is 0.672. The number of carbonyl (C=O) groups is 2. The molecule has 5 heteroatoms. The first kappa shape index (κ1) is 11.8. The molecule has 0 radical (unpaired) electrons. The number of ether oxygens (including phenoxy) is 2. The maximum atomic E-state index is 11.6. The Morgan fingerprint density at radius 3 is 2.67 bits per heavy atom.